The van der Waals surface area contributed by atoms with Gasteiger partial charge in [-0.2, -0.15) is 0 Å². The molecule has 0 aliphatic carbocycles. The van der Waals surface area contributed by atoms with Crippen LogP contribution in [0.25, 0.3) is 0 Å². The van der Waals surface area contributed by atoms with Crippen LogP contribution in [0.1, 0.15) is 36.8 Å². The van der Waals surface area contributed by atoms with Crippen molar-refractivity contribution >= 4 is 39.1 Å². The van der Waals surface area contributed by atoms with Crippen LogP contribution in [0.5, 0.6) is 0 Å². The lowest BCUT2D eigenvalue weighted by molar-refractivity contribution is 0.102. The van der Waals surface area contributed by atoms with Crippen molar-refractivity contribution in [2.75, 3.05) is 16.7 Å². The van der Waals surface area contributed by atoms with Gasteiger partial charge in [-0.15, -0.1) is 0 Å². The average molecular weight is 448 g/mol. The number of carbonyl (C=O) groups is 1. The topological polar surface area (TPSA) is 92.5 Å². The van der Waals surface area contributed by atoms with Gasteiger partial charge >= 0.3 is 0 Å². The van der Waals surface area contributed by atoms with Gasteiger partial charge in [0.1, 0.15) is 0 Å². The number of carbonyl (C=O) groups excluding carboxylic acids is 1. The van der Waals surface area contributed by atoms with Crippen LogP contribution < -0.4 is 9.62 Å². The van der Waals surface area contributed by atoms with Crippen LogP contribution in [-0.4, -0.2) is 26.5 Å². The van der Waals surface area contributed by atoms with Crippen molar-refractivity contribution in [3.8, 4) is 0 Å². The zero-order chi connectivity index (χ0) is 22.1. The van der Waals surface area contributed by atoms with E-state index in [1.54, 1.807) is 30.3 Å². The first-order valence-corrected chi connectivity index (χ1v) is 10.9. The standard InChI is InChI=1S/C21H22ClN3O4S/c1-21(2,3)18-13-19(29-24-18)23-20(26)14-7-5-10-17(11-14)30(27,28)25(4)16-9-6-8-15(22)12-16/h5-13H,1-4H3,(H,23,26). The predicted molar refractivity (Wildman–Crippen MR) is 117 cm³/mol. The number of benzene rings is 2. The normalized spacial score (nSPS) is 11.9. The van der Waals surface area contributed by atoms with Crippen molar-refractivity contribution in [1.29, 1.82) is 0 Å². The predicted octanol–water partition coefficient (Wildman–Crippen LogP) is 4.70. The summed E-state index contributed by atoms with van der Waals surface area (Å²) in [4.78, 5) is 12.6. The number of hydrogen-bond acceptors (Lipinski definition) is 5. The van der Waals surface area contributed by atoms with Crippen molar-refractivity contribution in [1.82, 2.24) is 5.16 Å². The number of nitrogens with zero attached hydrogens (tertiary/aromatic N) is 2. The molecule has 1 N–H and O–H groups in total. The Morgan fingerprint density at radius 2 is 1.80 bits per heavy atom. The van der Waals surface area contributed by atoms with Crippen LogP contribution in [0.2, 0.25) is 5.02 Å². The van der Waals surface area contributed by atoms with Gasteiger partial charge in [-0.3, -0.25) is 14.4 Å². The average Bonchev–Trinajstić information content (AvgIpc) is 3.16. The largest absolute Gasteiger partial charge is 0.338 e. The van der Waals surface area contributed by atoms with Crippen LogP contribution in [0.4, 0.5) is 11.6 Å². The van der Waals surface area contributed by atoms with Crippen molar-refractivity contribution < 1.29 is 17.7 Å². The Morgan fingerprint density at radius 1 is 1.10 bits per heavy atom. The molecule has 1 amide bonds. The van der Waals surface area contributed by atoms with Gasteiger partial charge in [0.05, 0.1) is 16.3 Å². The maximum absolute atomic E-state index is 13.0. The van der Waals surface area contributed by atoms with E-state index in [0.29, 0.717) is 16.4 Å². The summed E-state index contributed by atoms with van der Waals surface area (Å²) in [7, 11) is -2.47. The van der Waals surface area contributed by atoms with Crippen LogP contribution in [0.3, 0.4) is 0 Å². The molecule has 158 valence electrons. The maximum Gasteiger partial charge on any atom is 0.264 e. The van der Waals surface area contributed by atoms with E-state index in [1.165, 1.54) is 31.3 Å². The highest BCUT2D eigenvalue weighted by atomic mass is 35.5. The molecule has 1 heterocycles. The zero-order valence-corrected chi connectivity index (χ0v) is 18.6. The summed E-state index contributed by atoms with van der Waals surface area (Å²) in [6, 6.07) is 13.9. The summed E-state index contributed by atoms with van der Waals surface area (Å²) in [5.41, 5.74) is 1.04. The molecule has 1 aromatic heterocycles. The Bertz CT molecular complexity index is 1180. The molecule has 0 unspecified atom stereocenters. The molecule has 0 spiro atoms. The third-order valence-electron chi connectivity index (χ3n) is 4.44. The van der Waals surface area contributed by atoms with E-state index >= 15 is 0 Å². The van der Waals surface area contributed by atoms with Crippen molar-refractivity contribution in [2.45, 2.75) is 31.1 Å². The molecule has 3 rings (SSSR count). The molecule has 0 fully saturated rings. The number of sulfonamides is 1. The molecular formula is C21H22ClN3O4S. The fraction of sp³-hybridized carbons (Fsp3) is 0.238. The Balaban J connectivity index is 1.84. The number of aromatic nitrogens is 1. The summed E-state index contributed by atoms with van der Waals surface area (Å²) in [5, 5.41) is 6.98. The third kappa shape index (κ3) is 4.66. The van der Waals surface area contributed by atoms with E-state index in [9.17, 15) is 13.2 Å². The molecule has 7 nitrogen and oxygen atoms in total. The smallest absolute Gasteiger partial charge is 0.264 e. The molecule has 0 saturated heterocycles. The number of anilines is 2. The Kier molecular flexibility index (Phi) is 5.92. The molecular weight excluding hydrogens is 426 g/mol. The quantitative estimate of drug-likeness (QED) is 0.611. The van der Waals surface area contributed by atoms with Crippen molar-refractivity contribution in [3.05, 3.63) is 70.9 Å². The van der Waals surface area contributed by atoms with Gasteiger partial charge < -0.3 is 4.52 Å². The highest BCUT2D eigenvalue weighted by molar-refractivity contribution is 7.92. The van der Waals surface area contributed by atoms with E-state index in [-0.39, 0.29) is 21.8 Å². The minimum atomic E-state index is -3.89. The number of nitrogens with one attached hydrogen (secondary N) is 1. The fourth-order valence-electron chi connectivity index (χ4n) is 2.64. The fourth-order valence-corrected chi connectivity index (χ4v) is 4.06. The molecule has 0 atom stereocenters. The number of hydrogen-bond donors (Lipinski definition) is 1. The Hall–Kier alpha value is -2.84. The summed E-state index contributed by atoms with van der Waals surface area (Å²) in [6.07, 6.45) is 0. The Morgan fingerprint density at radius 3 is 2.43 bits per heavy atom. The minimum Gasteiger partial charge on any atom is -0.338 e. The van der Waals surface area contributed by atoms with Crippen LogP contribution >= 0.6 is 11.6 Å². The number of rotatable bonds is 5. The zero-order valence-electron chi connectivity index (χ0n) is 17.0. The molecule has 2 aromatic carbocycles. The second-order valence-corrected chi connectivity index (χ2v) is 10.2. The molecule has 3 aromatic rings. The summed E-state index contributed by atoms with van der Waals surface area (Å²) in [6.45, 7) is 5.92. The van der Waals surface area contributed by atoms with Crippen LogP contribution in [0.15, 0.2) is 64.0 Å². The minimum absolute atomic E-state index is 0.0226. The second kappa shape index (κ2) is 8.12. The maximum atomic E-state index is 13.0. The molecule has 30 heavy (non-hydrogen) atoms. The lowest BCUT2D eigenvalue weighted by Gasteiger charge is -2.20. The van der Waals surface area contributed by atoms with E-state index in [2.05, 4.69) is 10.5 Å². The van der Waals surface area contributed by atoms with Crippen LogP contribution in [0, 0.1) is 0 Å². The van der Waals surface area contributed by atoms with Gasteiger partial charge in [0.2, 0.25) is 5.88 Å². The van der Waals surface area contributed by atoms with E-state index in [0.717, 1.165) is 4.31 Å². The molecule has 0 radical (unpaired) electrons. The molecule has 0 aliphatic rings. The van der Waals surface area contributed by atoms with Gasteiger partial charge in [-0.1, -0.05) is 49.7 Å². The van der Waals surface area contributed by atoms with Gasteiger partial charge in [0, 0.05) is 29.1 Å². The van der Waals surface area contributed by atoms with Crippen molar-refractivity contribution in [2.24, 2.45) is 0 Å². The highest BCUT2D eigenvalue weighted by Crippen LogP contribution is 2.26. The summed E-state index contributed by atoms with van der Waals surface area (Å²) < 4.78 is 32.3. The Labute approximate surface area is 180 Å². The first-order valence-electron chi connectivity index (χ1n) is 9.11. The molecule has 9 heteroatoms. The molecule has 0 bridgehead atoms. The highest BCUT2D eigenvalue weighted by Gasteiger charge is 2.24. The SMILES string of the molecule is CN(c1cccc(Cl)c1)S(=O)(=O)c1cccc(C(=O)Nc2cc(C(C)(C)C)no2)c1. The molecule has 0 aliphatic heterocycles. The van der Waals surface area contributed by atoms with E-state index in [4.69, 9.17) is 16.1 Å². The first-order chi connectivity index (χ1) is 14.0. The molecule has 0 saturated carbocycles. The summed E-state index contributed by atoms with van der Waals surface area (Å²) in [5.74, 6) is -0.316. The van der Waals surface area contributed by atoms with Gasteiger partial charge in [-0.05, 0) is 36.4 Å². The lowest BCUT2D eigenvalue weighted by atomic mass is 9.92. The van der Waals surface area contributed by atoms with Gasteiger partial charge in [0.15, 0.2) is 0 Å². The number of amides is 1. The van der Waals surface area contributed by atoms with Crippen LogP contribution in [-0.2, 0) is 15.4 Å². The van der Waals surface area contributed by atoms with Gasteiger partial charge in [0.25, 0.3) is 15.9 Å². The lowest BCUT2D eigenvalue weighted by Crippen LogP contribution is -2.26. The number of halogens is 1. The third-order valence-corrected chi connectivity index (χ3v) is 6.46. The van der Waals surface area contributed by atoms with Gasteiger partial charge in [-0.25, -0.2) is 8.42 Å². The van der Waals surface area contributed by atoms with E-state index < -0.39 is 15.9 Å². The monoisotopic (exact) mass is 447 g/mol. The van der Waals surface area contributed by atoms with Crippen molar-refractivity contribution in [3.63, 3.8) is 0 Å². The summed E-state index contributed by atoms with van der Waals surface area (Å²) >= 11 is 5.97. The second-order valence-electron chi connectivity index (χ2n) is 7.76. The first kappa shape index (κ1) is 21.9. The van der Waals surface area contributed by atoms with E-state index in [1.807, 2.05) is 20.8 Å².